The van der Waals surface area contributed by atoms with Crippen molar-refractivity contribution in [3.8, 4) is 0 Å². The lowest BCUT2D eigenvalue weighted by molar-refractivity contribution is -0.891. The van der Waals surface area contributed by atoms with Crippen LogP contribution in [0.2, 0.25) is 0 Å². The Bertz CT molecular complexity index is 890. The number of nitrogens with zero attached hydrogens (tertiary/aromatic N) is 1. The first-order chi connectivity index (χ1) is 13.4. The van der Waals surface area contributed by atoms with E-state index in [0.717, 1.165) is 10.7 Å². The first kappa shape index (κ1) is 20.5. The molecule has 0 aliphatic carbocycles. The summed E-state index contributed by atoms with van der Waals surface area (Å²) in [4.78, 5) is 13.8. The highest BCUT2D eigenvalue weighted by Crippen LogP contribution is 2.18. The molecular weight excluding hydrogens is 382 g/mol. The number of benzene rings is 1. The van der Waals surface area contributed by atoms with Crippen LogP contribution in [0.4, 0.5) is 0 Å². The number of morpholine rings is 1. The molecule has 2 heterocycles. The fraction of sp³-hybridized carbons (Fsp3) is 0.421. The van der Waals surface area contributed by atoms with E-state index in [2.05, 4.69) is 5.32 Å². The monoisotopic (exact) mass is 408 g/mol. The van der Waals surface area contributed by atoms with Gasteiger partial charge in [-0.05, 0) is 30.3 Å². The highest BCUT2D eigenvalue weighted by atomic mass is 32.2. The van der Waals surface area contributed by atoms with Crippen molar-refractivity contribution >= 4 is 15.9 Å². The molecule has 0 spiro atoms. The number of hydrogen-bond donors (Lipinski definition) is 2. The van der Waals surface area contributed by atoms with Gasteiger partial charge in [0.05, 0.1) is 45.0 Å². The largest absolute Gasteiger partial charge is 0.463 e. The van der Waals surface area contributed by atoms with Gasteiger partial charge in [-0.15, -0.1) is 0 Å². The number of carbonyl (C=O) groups excluding carboxylic acids is 1. The Morgan fingerprint density at radius 3 is 2.61 bits per heavy atom. The van der Waals surface area contributed by atoms with Crippen LogP contribution in [0.3, 0.4) is 0 Å². The number of nitrogens with one attached hydrogen (secondary N) is 2. The molecule has 1 atom stereocenters. The molecule has 9 heteroatoms. The van der Waals surface area contributed by atoms with Gasteiger partial charge in [0, 0.05) is 18.7 Å². The molecule has 152 valence electrons. The lowest BCUT2D eigenvalue weighted by Crippen LogP contribution is -3.07. The van der Waals surface area contributed by atoms with Gasteiger partial charge in [0.1, 0.15) is 0 Å². The van der Waals surface area contributed by atoms with E-state index in [1.54, 1.807) is 18.4 Å². The molecule has 0 radical (unpaired) electrons. The Labute approximate surface area is 165 Å². The van der Waals surface area contributed by atoms with Crippen molar-refractivity contribution < 1.29 is 27.3 Å². The number of sulfonamides is 1. The van der Waals surface area contributed by atoms with E-state index in [1.165, 1.54) is 16.4 Å². The van der Waals surface area contributed by atoms with Crippen LogP contribution < -0.4 is 10.2 Å². The lowest BCUT2D eigenvalue weighted by atomic mass is 10.2. The van der Waals surface area contributed by atoms with Crippen molar-refractivity contribution in [2.75, 3.05) is 46.9 Å². The normalized spacial score (nSPS) is 16.8. The highest BCUT2D eigenvalue weighted by molar-refractivity contribution is 7.89. The molecule has 1 aromatic carbocycles. The van der Waals surface area contributed by atoms with E-state index in [9.17, 15) is 13.2 Å². The van der Waals surface area contributed by atoms with Crippen LogP contribution in [0, 0.1) is 0 Å². The summed E-state index contributed by atoms with van der Waals surface area (Å²) in [6.07, 6.45) is 1.60. The van der Waals surface area contributed by atoms with Gasteiger partial charge in [-0.3, -0.25) is 4.79 Å². The first-order valence-corrected chi connectivity index (χ1v) is 10.6. The van der Waals surface area contributed by atoms with E-state index in [-0.39, 0.29) is 16.8 Å². The summed E-state index contributed by atoms with van der Waals surface area (Å²) >= 11 is 0. The lowest BCUT2D eigenvalue weighted by Gasteiger charge is -2.26. The Morgan fingerprint density at radius 1 is 1.21 bits per heavy atom. The van der Waals surface area contributed by atoms with Crippen LogP contribution in [-0.2, 0) is 14.8 Å². The maximum absolute atomic E-state index is 12.8. The zero-order chi connectivity index (χ0) is 20.1. The molecule has 28 heavy (non-hydrogen) atoms. The predicted octanol–water partition coefficient (Wildman–Crippen LogP) is -0.0839. The number of furan rings is 1. The van der Waals surface area contributed by atoms with Crippen molar-refractivity contribution in [1.29, 1.82) is 0 Å². The molecular formula is C19H26N3O5S+. The SMILES string of the molecule is C[NH+](C)[C@H](CNC(=O)c1cccc(S(=O)(=O)N2CCOCC2)c1)c1ccco1. The zero-order valence-electron chi connectivity index (χ0n) is 16.1. The molecule has 2 aromatic rings. The van der Waals surface area contributed by atoms with Crippen LogP contribution in [0.5, 0.6) is 0 Å². The molecule has 0 unspecified atom stereocenters. The number of likely N-dealkylation sites (N-methyl/N-ethyl adjacent to an activating group) is 1. The third kappa shape index (κ3) is 4.61. The average molecular weight is 409 g/mol. The van der Waals surface area contributed by atoms with Gasteiger partial charge in [-0.25, -0.2) is 8.42 Å². The maximum atomic E-state index is 12.8. The van der Waals surface area contributed by atoms with Crippen molar-refractivity contribution in [3.63, 3.8) is 0 Å². The molecule has 1 aromatic heterocycles. The average Bonchev–Trinajstić information content (AvgIpc) is 3.23. The fourth-order valence-electron chi connectivity index (χ4n) is 3.11. The predicted molar refractivity (Wildman–Crippen MR) is 103 cm³/mol. The number of quaternary nitrogens is 1. The van der Waals surface area contributed by atoms with Crippen molar-refractivity contribution in [1.82, 2.24) is 9.62 Å². The number of carbonyl (C=O) groups is 1. The quantitative estimate of drug-likeness (QED) is 0.668. The summed E-state index contributed by atoms with van der Waals surface area (Å²) in [5.41, 5.74) is 0.307. The maximum Gasteiger partial charge on any atom is 0.251 e. The minimum Gasteiger partial charge on any atom is -0.463 e. The summed E-state index contributed by atoms with van der Waals surface area (Å²) in [5.74, 6) is 0.459. The van der Waals surface area contributed by atoms with Gasteiger partial charge in [-0.1, -0.05) is 6.07 Å². The third-order valence-corrected chi connectivity index (χ3v) is 6.65. The molecule has 0 saturated carbocycles. The summed E-state index contributed by atoms with van der Waals surface area (Å²) in [5, 5.41) is 2.88. The minimum absolute atomic E-state index is 0.0424. The number of ether oxygens (including phenoxy) is 1. The van der Waals surface area contributed by atoms with E-state index in [0.29, 0.717) is 38.4 Å². The van der Waals surface area contributed by atoms with Gasteiger partial charge < -0.3 is 19.4 Å². The van der Waals surface area contributed by atoms with E-state index < -0.39 is 10.0 Å². The van der Waals surface area contributed by atoms with E-state index in [1.807, 2.05) is 26.2 Å². The van der Waals surface area contributed by atoms with Crippen LogP contribution >= 0.6 is 0 Å². The molecule has 3 rings (SSSR count). The van der Waals surface area contributed by atoms with Crippen molar-refractivity contribution in [2.45, 2.75) is 10.9 Å². The molecule has 2 N–H and O–H groups in total. The Kier molecular flexibility index (Phi) is 6.50. The molecule has 1 saturated heterocycles. The molecule has 1 aliphatic rings. The minimum atomic E-state index is -3.64. The molecule has 1 fully saturated rings. The Hall–Kier alpha value is -2.20. The summed E-state index contributed by atoms with van der Waals surface area (Å²) in [7, 11) is 0.318. The van der Waals surface area contributed by atoms with Crippen LogP contribution in [0.25, 0.3) is 0 Å². The first-order valence-electron chi connectivity index (χ1n) is 9.19. The molecule has 0 bridgehead atoms. The summed E-state index contributed by atoms with van der Waals surface area (Å²) in [6.45, 7) is 1.75. The molecule has 8 nitrogen and oxygen atoms in total. The number of rotatable bonds is 7. The second-order valence-electron chi connectivity index (χ2n) is 6.90. The van der Waals surface area contributed by atoms with Crippen molar-refractivity contribution in [2.24, 2.45) is 0 Å². The van der Waals surface area contributed by atoms with Gasteiger partial charge in [0.2, 0.25) is 10.0 Å². The van der Waals surface area contributed by atoms with E-state index in [4.69, 9.17) is 9.15 Å². The number of amides is 1. The number of hydrogen-bond acceptors (Lipinski definition) is 5. The molecule has 1 amide bonds. The van der Waals surface area contributed by atoms with Crippen LogP contribution in [0.15, 0.2) is 52.0 Å². The second-order valence-corrected chi connectivity index (χ2v) is 8.84. The van der Waals surface area contributed by atoms with Gasteiger partial charge in [0.25, 0.3) is 5.91 Å². The zero-order valence-corrected chi connectivity index (χ0v) is 16.9. The van der Waals surface area contributed by atoms with Gasteiger partial charge >= 0.3 is 0 Å². The van der Waals surface area contributed by atoms with E-state index >= 15 is 0 Å². The van der Waals surface area contributed by atoms with Crippen LogP contribution in [0.1, 0.15) is 22.2 Å². The van der Waals surface area contributed by atoms with Gasteiger partial charge in [0.15, 0.2) is 11.8 Å². The third-order valence-electron chi connectivity index (χ3n) is 4.75. The summed E-state index contributed by atoms with van der Waals surface area (Å²) in [6, 6.07) is 9.77. The summed E-state index contributed by atoms with van der Waals surface area (Å²) < 4.78 is 37.7. The highest BCUT2D eigenvalue weighted by Gasteiger charge is 2.27. The fourth-order valence-corrected chi connectivity index (χ4v) is 4.56. The van der Waals surface area contributed by atoms with Crippen molar-refractivity contribution in [3.05, 3.63) is 54.0 Å². The van der Waals surface area contributed by atoms with Crippen LogP contribution in [-0.4, -0.2) is 65.6 Å². The smallest absolute Gasteiger partial charge is 0.251 e. The standard InChI is InChI=1S/C19H25N3O5S/c1-21(2)17(18-7-4-10-27-18)14-20-19(23)15-5-3-6-16(13-15)28(24,25)22-8-11-26-12-9-22/h3-7,10,13,17H,8-9,11-12,14H2,1-2H3,(H,20,23)/p+1/t17-/m1/s1. The second kappa shape index (κ2) is 8.87. The van der Waals surface area contributed by atoms with Gasteiger partial charge in [-0.2, -0.15) is 4.31 Å². The Morgan fingerprint density at radius 2 is 1.96 bits per heavy atom. The Balaban J connectivity index is 1.71. The topological polar surface area (TPSA) is 93.3 Å². The molecule has 1 aliphatic heterocycles.